The van der Waals surface area contributed by atoms with E-state index in [1.807, 2.05) is 39.0 Å². The summed E-state index contributed by atoms with van der Waals surface area (Å²) in [5.41, 5.74) is 0.785. The molecule has 2 aliphatic rings. The predicted octanol–water partition coefficient (Wildman–Crippen LogP) is 5.72. The Bertz CT molecular complexity index is 701. The van der Waals surface area contributed by atoms with Crippen molar-refractivity contribution in [2.45, 2.75) is 103 Å². The molecule has 0 amide bonds. The zero-order chi connectivity index (χ0) is 24.2. The number of esters is 1. The second kappa shape index (κ2) is 14.5. The fourth-order valence-electron chi connectivity index (χ4n) is 5.03. The van der Waals surface area contributed by atoms with Gasteiger partial charge in [-0.2, -0.15) is 0 Å². The maximum atomic E-state index is 13.0. The lowest BCUT2D eigenvalue weighted by atomic mass is 9.84. The van der Waals surface area contributed by atoms with E-state index in [1.54, 1.807) is 13.2 Å². The first-order valence-corrected chi connectivity index (χ1v) is 12.8. The molecule has 0 aromatic carbocycles. The molecule has 2 rings (SSSR count). The molecule has 1 unspecified atom stereocenters. The van der Waals surface area contributed by atoms with Crippen LogP contribution in [-0.4, -0.2) is 42.3 Å². The summed E-state index contributed by atoms with van der Waals surface area (Å²) in [6.07, 6.45) is 17.7. The third-order valence-corrected chi connectivity index (χ3v) is 7.17. The summed E-state index contributed by atoms with van der Waals surface area (Å²) in [4.78, 5) is 25.5. The van der Waals surface area contributed by atoms with Crippen LogP contribution in [0.4, 0.5) is 0 Å². The van der Waals surface area contributed by atoms with E-state index >= 15 is 0 Å². The number of allylic oxidation sites excluding steroid dienone is 2. The zero-order valence-corrected chi connectivity index (χ0v) is 21.0. The maximum Gasteiger partial charge on any atom is 0.331 e. The van der Waals surface area contributed by atoms with Gasteiger partial charge in [-0.15, -0.1) is 0 Å². The molecule has 0 radical (unpaired) electrons. The molecule has 1 fully saturated rings. The number of aliphatic hydroxyl groups is 1. The van der Waals surface area contributed by atoms with E-state index in [9.17, 15) is 14.7 Å². The molecule has 0 aromatic rings. The summed E-state index contributed by atoms with van der Waals surface area (Å²) in [7, 11) is 1.59. The molecular weight excluding hydrogens is 416 g/mol. The smallest absolute Gasteiger partial charge is 0.331 e. The number of hydrogen-bond donors (Lipinski definition) is 1. The van der Waals surface area contributed by atoms with Crippen LogP contribution in [0.3, 0.4) is 0 Å². The molecule has 1 N–H and O–H groups in total. The van der Waals surface area contributed by atoms with Gasteiger partial charge in [0.05, 0.1) is 12.0 Å². The summed E-state index contributed by atoms with van der Waals surface area (Å²) in [6, 6.07) is 0. The minimum absolute atomic E-state index is 0.132. The second-order valence-electron chi connectivity index (χ2n) is 9.88. The molecule has 186 valence electrons. The standard InChI is InChI=1S/C28H44O5/c1-20-19-21(2)28(22(3)24(29)16-12-15-23-13-8-7-9-14-23)33-26(30)18-11-6-5-10-17-25(32-4)27(20)31/h10-11,17-20,22-23,25,27-28,31H,5-9,12-16H2,1-4H3/b17-10+,18-11+,21-19-/t20-,22-,25-,27+,28?/m0/s1. The molecule has 1 heterocycles. The average molecular weight is 461 g/mol. The molecule has 5 nitrogen and oxygen atoms in total. The van der Waals surface area contributed by atoms with Gasteiger partial charge in [-0.25, -0.2) is 4.79 Å². The third kappa shape index (κ3) is 9.21. The highest BCUT2D eigenvalue weighted by Crippen LogP contribution is 2.29. The van der Waals surface area contributed by atoms with Crippen LogP contribution in [0.1, 0.15) is 85.0 Å². The molecule has 1 saturated carbocycles. The van der Waals surface area contributed by atoms with E-state index in [0.29, 0.717) is 12.8 Å². The molecule has 0 aromatic heterocycles. The third-order valence-electron chi connectivity index (χ3n) is 7.17. The summed E-state index contributed by atoms with van der Waals surface area (Å²) in [5.74, 6) is -0.204. The molecular formula is C28H44O5. The van der Waals surface area contributed by atoms with E-state index in [2.05, 4.69) is 0 Å². The Labute approximate surface area is 200 Å². The van der Waals surface area contributed by atoms with Crippen LogP contribution >= 0.6 is 0 Å². The van der Waals surface area contributed by atoms with Gasteiger partial charge in [0.1, 0.15) is 18.0 Å². The summed E-state index contributed by atoms with van der Waals surface area (Å²) in [5, 5.41) is 10.8. The lowest BCUT2D eigenvalue weighted by Gasteiger charge is -2.27. The normalized spacial score (nSPS) is 32.6. The number of carbonyl (C=O) groups is 2. The predicted molar refractivity (Wildman–Crippen MR) is 132 cm³/mol. The first kappa shape index (κ1) is 27.5. The van der Waals surface area contributed by atoms with Crippen LogP contribution in [0.25, 0.3) is 0 Å². The minimum Gasteiger partial charge on any atom is -0.454 e. The highest BCUT2D eigenvalue weighted by atomic mass is 16.5. The van der Waals surface area contributed by atoms with E-state index in [1.165, 1.54) is 38.2 Å². The highest BCUT2D eigenvalue weighted by molar-refractivity contribution is 5.84. The van der Waals surface area contributed by atoms with Crippen molar-refractivity contribution in [3.63, 3.8) is 0 Å². The van der Waals surface area contributed by atoms with E-state index in [4.69, 9.17) is 9.47 Å². The number of cyclic esters (lactones) is 1. The van der Waals surface area contributed by atoms with Crippen molar-refractivity contribution in [2.75, 3.05) is 7.11 Å². The van der Waals surface area contributed by atoms with Crippen LogP contribution in [0.15, 0.2) is 36.0 Å². The van der Waals surface area contributed by atoms with E-state index < -0.39 is 30.2 Å². The fraction of sp³-hybridized carbons (Fsp3) is 0.714. The Hall–Kier alpha value is -1.72. The van der Waals surface area contributed by atoms with Gasteiger partial charge in [0.15, 0.2) is 0 Å². The number of ether oxygens (including phenoxy) is 2. The van der Waals surface area contributed by atoms with Gasteiger partial charge in [0.25, 0.3) is 0 Å². The van der Waals surface area contributed by atoms with Gasteiger partial charge in [0, 0.05) is 25.5 Å². The fourth-order valence-corrected chi connectivity index (χ4v) is 5.03. The molecule has 0 bridgehead atoms. The first-order chi connectivity index (χ1) is 15.8. The van der Waals surface area contributed by atoms with Crippen molar-refractivity contribution in [3.05, 3.63) is 36.0 Å². The van der Waals surface area contributed by atoms with Gasteiger partial charge < -0.3 is 14.6 Å². The van der Waals surface area contributed by atoms with Crippen LogP contribution < -0.4 is 0 Å². The van der Waals surface area contributed by atoms with Crippen molar-refractivity contribution >= 4 is 11.8 Å². The quantitative estimate of drug-likeness (QED) is 0.389. The van der Waals surface area contributed by atoms with Gasteiger partial charge in [-0.3, -0.25) is 4.79 Å². The molecule has 1 aliphatic heterocycles. The van der Waals surface area contributed by atoms with Gasteiger partial charge in [0.2, 0.25) is 0 Å². The summed E-state index contributed by atoms with van der Waals surface area (Å²) >= 11 is 0. The Kier molecular flexibility index (Phi) is 12.1. The van der Waals surface area contributed by atoms with Crippen molar-refractivity contribution in [2.24, 2.45) is 17.8 Å². The van der Waals surface area contributed by atoms with Crippen molar-refractivity contribution < 1.29 is 24.2 Å². The largest absolute Gasteiger partial charge is 0.454 e. The highest BCUT2D eigenvalue weighted by Gasteiger charge is 2.30. The molecule has 1 aliphatic carbocycles. The zero-order valence-electron chi connectivity index (χ0n) is 21.0. The number of hydrogen-bond acceptors (Lipinski definition) is 5. The number of carbonyl (C=O) groups excluding carboxylic acids is 2. The number of Topliss-reactive ketones (excluding diaryl/α,β-unsaturated/α-hetero) is 1. The van der Waals surface area contributed by atoms with Crippen molar-refractivity contribution in [3.8, 4) is 0 Å². The Balaban J connectivity index is 2.12. The topological polar surface area (TPSA) is 72.8 Å². The molecule has 0 saturated heterocycles. The van der Waals surface area contributed by atoms with Crippen molar-refractivity contribution in [1.82, 2.24) is 0 Å². The second-order valence-corrected chi connectivity index (χ2v) is 9.88. The van der Waals surface area contributed by atoms with Crippen LogP contribution in [0.5, 0.6) is 0 Å². The SMILES string of the molecule is CO[C@H]1/C=C/CC/C=C/C(=O)OC([C@@H](C)C(=O)CCCC2CCCCC2)/C(C)=C\[C@H](C)[C@H]1O. The number of aliphatic hydroxyl groups excluding tert-OH is 1. The lowest BCUT2D eigenvalue weighted by Crippen LogP contribution is -2.34. The number of ketones is 1. The molecule has 5 heteroatoms. The van der Waals surface area contributed by atoms with Crippen LogP contribution in [-0.2, 0) is 19.1 Å². The maximum absolute atomic E-state index is 13.0. The van der Waals surface area contributed by atoms with Gasteiger partial charge >= 0.3 is 5.97 Å². The number of methoxy groups -OCH3 is 1. The Morgan fingerprint density at radius 3 is 2.61 bits per heavy atom. The van der Waals surface area contributed by atoms with Crippen molar-refractivity contribution in [1.29, 1.82) is 0 Å². The first-order valence-electron chi connectivity index (χ1n) is 12.8. The monoisotopic (exact) mass is 460 g/mol. The van der Waals surface area contributed by atoms with Gasteiger partial charge in [-0.1, -0.05) is 76.7 Å². The number of rotatable bonds is 7. The van der Waals surface area contributed by atoms with Gasteiger partial charge in [-0.05, 0) is 37.7 Å². The van der Waals surface area contributed by atoms with E-state index in [-0.39, 0.29) is 11.7 Å². The Morgan fingerprint density at radius 2 is 1.91 bits per heavy atom. The molecule has 5 atom stereocenters. The average Bonchev–Trinajstić information content (AvgIpc) is 2.81. The van der Waals surface area contributed by atoms with Crippen LogP contribution in [0.2, 0.25) is 0 Å². The van der Waals surface area contributed by atoms with Crippen LogP contribution in [0, 0.1) is 17.8 Å². The lowest BCUT2D eigenvalue weighted by molar-refractivity contribution is -0.145. The van der Waals surface area contributed by atoms with E-state index in [0.717, 1.165) is 30.8 Å². The summed E-state index contributed by atoms with van der Waals surface area (Å²) in [6.45, 7) is 5.64. The minimum atomic E-state index is -0.738. The molecule has 0 spiro atoms. The Morgan fingerprint density at radius 1 is 1.21 bits per heavy atom. The molecule has 33 heavy (non-hydrogen) atoms. The summed E-state index contributed by atoms with van der Waals surface area (Å²) < 4.78 is 11.2.